The molecule has 144 valence electrons. The first-order valence-electron chi connectivity index (χ1n) is 9.31. The van der Waals surface area contributed by atoms with Crippen LogP contribution in [-0.4, -0.2) is 17.8 Å². The Morgan fingerprint density at radius 3 is 2.07 bits per heavy atom. The lowest BCUT2D eigenvalue weighted by atomic mass is 9.86. The second kappa shape index (κ2) is 7.43. The summed E-state index contributed by atoms with van der Waals surface area (Å²) in [7, 11) is 0. The van der Waals surface area contributed by atoms with E-state index in [2.05, 4.69) is 26.1 Å². The van der Waals surface area contributed by atoms with Crippen LogP contribution in [0.2, 0.25) is 0 Å². The zero-order chi connectivity index (χ0) is 20.5. The molecule has 0 saturated carbocycles. The maximum atomic E-state index is 12.9. The summed E-state index contributed by atoms with van der Waals surface area (Å²) in [6.45, 7) is 8.38. The van der Waals surface area contributed by atoms with Gasteiger partial charge in [0, 0.05) is 0 Å². The highest BCUT2D eigenvalue weighted by atomic mass is 16.2. The van der Waals surface area contributed by atoms with Crippen LogP contribution in [0.15, 0.2) is 54.1 Å². The van der Waals surface area contributed by atoms with Gasteiger partial charge >= 0.3 is 6.03 Å². The van der Waals surface area contributed by atoms with Crippen molar-refractivity contribution in [2.75, 3.05) is 4.90 Å². The first-order valence-corrected chi connectivity index (χ1v) is 9.31. The number of nitrogens with one attached hydrogen (secondary N) is 1. The van der Waals surface area contributed by atoms with Crippen molar-refractivity contribution in [2.45, 2.75) is 39.5 Å². The summed E-state index contributed by atoms with van der Waals surface area (Å²) >= 11 is 0. The van der Waals surface area contributed by atoms with E-state index in [-0.39, 0.29) is 11.0 Å². The second-order valence-electron chi connectivity index (χ2n) is 7.85. The van der Waals surface area contributed by atoms with E-state index < -0.39 is 17.8 Å². The minimum absolute atomic E-state index is 0.0115. The molecule has 4 amide bonds. The predicted octanol–water partition coefficient (Wildman–Crippen LogP) is 4.21. The number of rotatable bonds is 3. The molecule has 1 fully saturated rings. The molecule has 0 aromatic heterocycles. The van der Waals surface area contributed by atoms with E-state index in [9.17, 15) is 14.4 Å². The average Bonchev–Trinajstić information content (AvgIpc) is 2.65. The Morgan fingerprint density at radius 2 is 1.54 bits per heavy atom. The third-order valence-corrected chi connectivity index (χ3v) is 4.79. The van der Waals surface area contributed by atoms with Crippen LogP contribution in [0.4, 0.5) is 10.5 Å². The number of benzene rings is 2. The zero-order valence-corrected chi connectivity index (χ0v) is 16.6. The van der Waals surface area contributed by atoms with E-state index in [0.717, 1.165) is 28.0 Å². The van der Waals surface area contributed by atoms with Gasteiger partial charge in [0.05, 0.1) is 5.69 Å². The van der Waals surface area contributed by atoms with Crippen LogP contribution in [0.5, 0.6) is 0 Å². The number of amides is 4. The molecule has 1 heterocycles. The van der Waals surface area contributed by atoms with Crippen molar-refractivity contribution < 1.29 is 14.4 Å². The van der Waals surface area contributed by atoms with E-state index in [4.69, 9.17) is 0 Å². The quantitative estimate of drug-likeness (QED) is 0.644. The van der Waals surface area contributed by atoms with Gasteiger partial charge in [0.15, 0.2) is 0 Å². The van der Waals surface area contributed by atoms with Gasteiger partial charge in [-0.25, -0.2) is 9.69 Å². The number of anilines is 1. The highest BCUT2D eigenvalue weighted by Gasteiger charge is 2.36. The summed E-state index contributed by atoms with van der Waals surface area (Å²) in [4.78, 5) is 38.4. The van der Waals surface area contributed by atoms with Gasteiger partial charge in [0.2, 0.25) is 0 Å². The first-order chi connectivity index (χ1) is 13.2. The number of nitrogens with zero attached hydrogens (tertiary/aromatic N) is 1. The lowest BCUT2D eigenvalue weighted by molar-refractivity contribution is -0.122. The molecule has 0 unspecified atom stereocenters. The Balaban J connectivity index is 1.94. The molecular formula is C23H24N2O3. The SMILES string of the molecule is CCc1ccc(N2C(=O)NC(=O)/C(=C\c3ccc(C(C)(C)C)cc3)C2=O)cc1. The summed E-state index contributed by atoms with van der Waals surface area (Å²) in [6, 6.07) is 14.1. The Bertz CT molecular complexity index is 949. The number of aryl methyl sites for hydroxylation is 1. The van der Waals surface area contributed by atoms with Crippen LogP contribution >= 0.6 is 0 Å². The third-order valence-electron chi connectivity index (χ3n) is 4.79. The molecule has 5 heteroatoms. The molecule has 0 bridgehead atoms. The van der Waals surface area contributed by atoms with Gasteiger partial charge in [-0.2, -0.15) is 0 Å². The number of carbonyl (C=O) groups is 3. The molecule has 2 aromatic rings. The van der Waals surface area contributed by atoms with Gasteiger partial charge in [0.25, 0.3) is 11.8 Å². The lowest BCUT2D eigenvalue weighted by Crippen LogP contribution is -2.54. The monoisotopic (exact) mass is 376 g/mol. The van der Waals surface area contributed by atoms with Crippen molar-refractivity contribution in [2.24, 2.45) is 0 Å². The van der Waals surface area contributed by atoms with Crippen molar-refractivity contribution in [3.63, 3.8) is 0 Å². The van der Waals surface area contributed by atoms with Gasteiger partial charge in [-0.1, -0.05) is 64.1 Å². The normalized spacial score (nSPS) is 16.5. The smallest absolute Gasteiger partial charge is 0.273 e. The van der Waals surface area contributed by atoms with Crippen LogP contribution in [0.3, 0.4) is 0 Å². The van der Waals surface area contributed by atoms with Crippen molar-refractivity contribution in [1.29, 1.82) is 0 Å². The van der Waals surface area contributed by atoms with E-state index in [1.54, 1.807) is 12.1 Å². The molecule has 1 aliphatic rings. The van der Waals surface area contributed by atoms with Crippen LogP contribution in [0.25, 0.3) is 6.08 Å². The van der Waals surface area contributed by atoms with E-state index in [0.29, 0.717) is 5.69 Å². The maximum absolute atomic E-state index is 12.9. The van der Waals surface area contributed by atoms with Crippen LogP contribution in [0.1, 0.15) is 44.4 Å². The minimum Gasteiger partial charge on any atom is -0.273 e. The Kier molecular flexibility index (Phi) is 5.18. The number of hydrogen-bond acceptors (Lipinski definition) is 3. The number of imide groups is 2. The van der Waals surface area contributed by atoms with Crippen molar-refractivity contribution in [3.8, 4) is 0 Å². The van der Waals surface area contributed by atoms with Crippen molar-refractivity contribution >= 4 is 29.6 Å². The zero-order valence-electron chi connectivity index (χ0n) is 16.6. The van der Waals surface area contributed by atoms with Crippen molar-refractivity contribution in [3.05, 3.63) is 70.8 Å². The Hall–Kier alpha value is -3.21. The number of barbiturate groups is 1. The number of urea groups is 1. The minimum atomic E-state index is -0.737. The molecule has 3 rings (SSSR count). The number of hydrogen-bond donors (Lipinski definition) is 1. The Labute approximate surface area is 165 Å². The molecule has 1 saturated heterocycles. The topological polar surface area (TPSA) is 66.5 Å². The highest BCUT2D eigenvalue weighted by Crippen LogP contribution is 2.25. The maximum Gasteiger partial charge on any atom is 0.335 e. The molecule has 28 heavy (non-hydrogen) atoms. The molecule has 0 aliphatic carbocycles. The lowest BCUT2D eigenvalue weighted by Gasteiger charge is -2.26. The van der Waals surface area contributed by atoms with E-state index in [1.165, 1.54) is 6.08 Å². The standard InChI is InChI=1S/C23H24N2O3/c1-5-15-8-12-18(13-9-15)25-21(27)19(20(26)24-22(25)28)14-16-6-10-17(11-7-16)23(2,3)4/h6-14H,5H2,1-4H3,(H,24,26,28)/b19-14+. The highest BCUT2D eigenvalue weighted by molar-refractivity contribution is 6.39. The van der Waals surface area contributed by atoms with Crippen LogP contribution in [0, 0.1) is 0 Å². The summed E-state index contributed by atoms with van der Waals surface area (Å²) in [5.41, 5.74) is 3.35. The average molecular weight is 376 g/mol. The fourth-order valence-corrected chi connectivity index (χ4v) is 3.02. The molecule has 1 aliphatic heterocycles. The largest absolute Gasteiger partial charge is 0.335 e. The van der Waals surface area contributed by atoms with Crippen molar-refractivity contribution in [1.82, 2.24) is 5.32 Å². The summed E-state index contributed by atoms with van der Waals surface area (Å²) < 4.78 is 0. The second-order valence-corrected chi connectivity index (χ2v) is 7.85. The third kappa shape index (κ3) is 3.88. The summed E-state index contributed by atoms with van der Waals surface area (Å²) in [5, 5.41) is 2.25. The molecular weight excluding hydrogens is 352 g/mol. The first kappa shape index (κ1) is 19.5. The van der Waals surface area contributed by atoms with Gasteiger partial charge in [-0.3, -0.25) is 14.9 Å². The van der Waals surface area contributed by atoms with Gasteiger partial charge in [-0.15, -0.1) is 0 Å². The molecule has 0 spiro atoms. The molecule has 2 aromatic carbocycles. The van der Waals surface area contributed by atoms with Crippen LogP contribution in [-0.2, 0) is 21.4 Å². The predicted molar refractivity (Wildman–Crippen MR) is 110 cm³/mol. The summed E-state index contributed by atoms with van der Waals surface area (Å²) in [6.07, 6.45) is 2.37. The van der Waals surface area contributed by atoms with Gasteiger partial charge < -0.3 is 0 Å². The van der Waals surface area contributed by atoms with Gasteiger partial charge in [0.1, 0.15) is 5.57 Å². The Morgan fingerprint density at radius 1 is 0.929 bits per heavy atom. The molecule has 5 nitrogen and oxygen atoms in total. The summed E-state index contributed by atoms with van der Waals surface area (Å²) in [5.74, 6) is -1.31. The van der Waals surface area contributed by atoms with E-state index in [1.807, 2.05) is 43.3 Å². The fourth-order valence-electron chi connectivity index (χ4n) is 3.02. The molecule has 1 N–H and O–H groups in total. The number of carbonyl (C=O) groups excluding carboxylic acids is 3. The van der Waals surface area contributed by atoms with E-state index >= 15 is 0 Å². The molecule has 0 radical (unpaired) electrons. The molecule has 0 atom stereocenters. The van der Waals surface area contributed by atoms with Crippen LogP contribution < -0.4 is 10.2 Å². The fraction of sp³-hybridized carbons (Fsp3) is 0.261. The van der Waals surface area contributed by atoms with Gasteiger partial charge in [-0.05, 0) is 46.7 Å².